The molecule has 1 saturated heterocycles. The topological polar surface area (TPSA) is 61.8 Å². The molecule has 0 saturated carbocycles. The summed E-state index contributed by atoms with van der Waals surface area (Å²) in [5.41, 5.74) is 2.97. The standard InChI is InChI=1S/C19H18N2O3S/c1-3-12-5-4-6-14(9-12)21-18(23)15(20-19(21)25)10-13-7-8-16(22)17(11-13)24-2/h4-11,22H,3H2,1-2H3,(H,20,25)/b15-10+. The zero-order valence-electron chi connectivity index (χ0n) is 13.9. The number of carbonyl (C=O) groups excluding carboxylic acids is 1. The fourth-order valence-corrected chi connectivity index (χ4v) is 2.93. The van der Waals surface area contributed by atoms with Gasteiger partial charge in [-0.2, -0.15) is 0 Å². The highest BCUT2D eigenvalue weighted by Gasteiger charge is 2.32. The molecule has 1 heterocycles. The van der Waals surface area contributed by atoms with E-state index in [1.807, 2.05) is 24.3 Å². The van der Waals surface area contributed by atoms with Crippen molar-refractivity contribution in [1.82, 2.24) is 5.32 Å². The number of thiocarbonyl (C=S) groups is 1. The highest BCUT2D eigenvalue weighted by Crippen LogP contribution is 2.28. The van der Waals surface area contributed by atoms with Crippen LogP contribution in [0.25, 0.3) is 6.08 Å². The summed E-state index contributed by atoms with van der Waals surface area (Å²) in [6.45, 7) is 2.06. The highest BCUT2D eigenvalue weighted by molar-refractivity contribution is 7.80. The van der Waals surface area contributed by atoms with Gasteiger partial charge in [-0.15, -0.1) is 0 Å². The number of aryl methyl sites for hydroxylation is 1. The predicted molar refractivity (Wildman–Crippen MR) is 102 cm³/mol. The first-order chi connectivity index (χ1) is 12.0. The molecule has 128 valence electrons. The van der Waals surface area contributed by atoms with Crippen molar-refractivity contribution in [3.8, 4) is 11.5 Å². The summed E-state index contributed by atoms with van der Waals surface area (Å²) in [4.78, 5) is 14.3. The van der Waals surface area contributed by atoms with Gasteiger partial charge in [0, 0.05) is 0 Å². The van der Waals surface area contributed by atoms with Gasteiger partial charge in [-0.3, -0.25) is 9.69 Å². The van der Waals surface area contributed by atoms with Crippen molar-refractivity contribution >= 4 is 35.0 Å². The van der Waals surface area contributed by atoms with Crippen LogP contribution >= 0.6 is 12.2 Å². The molecule has 0 atom stereocenters. The van der Waals surface area contributed by atoms with E-state index in [-0.39, 0.29) is 11.7 Å². The summed E-state index contributed by atoms with van der Waals surface area (Å²) in [6.07, 6.45) is 2.56. The third-order valence-corrected chi connectivity index (χ3v) is 4.25. The van der Waals surface area contributed by atoms with Crippen LogP contribution in [0.15, 0.2) is 48.2 Å². The minimum absolute atomic E-state index is 0.0453. The van der Waals surface area contributed by atoms with E-state index in [0.717, 1.165) is 23.2 Å². The van der Waals surface area contributed by atoms with Gasteiger partial charge in [0.05, 0.1) is 12.8 Å². The quantitative estimate of drug-likeness (QED) is 0.652. The predicted octanol–water partition coefficient (Wildman–Crippen LogP) is 3.23. The molecule has 1 fully saturated rings. The summed E-state index contributed by atoms with van der Waals surface area (Å²) in [7, 11) is 1.47. The number of ether oxygens (including phenoxy) is 1. The number of hydrogen-bond acceptors (Lipinski definition) is 4. The minimum atomic E-state index is -0.217. The van der Waals surface area contributed by atoms with Crippen LogP contribution in [0.4, 0.5) is 5.69 Å². The molecular weight excluding hydrogens is 336 g/mol. The number of benzene rings is 2. The molecule has 0 radical (unpaired) electrons. The molecule has 2 aromatic carbocycles. The first-order valence-corrected chi connectivity index (χ1v) is 8.27. The number of carbonyl (C=O) groups is 1. The van der Waals surface area contributed by atoms with Crippen molar-refractivity contribution in [2.24, 2.45) is 0 Å². The van der Waals surface area contributed by atoms with Crippen molar-refractivity contribution in [3.05, 3.63) is 59.3 Å². The number of nitrogens with one attached hydrogen (secondary N) is 1. The number of phenols is 1. The number of phenolic OH excluding ortho intramolecular Hbond substituents is 1. The normalized spacial score (nSPS) is 15.6. The maximum absolute atomic E-state index is 12.8. The second-order valence-corrected chi connectivity index (χ2v) is 5.97. The number of rotatable bonds is 4. The maximum Gasteiger partial charge on any atom is 0.281 e. The van der Waals surface area contributed by atoms with Crippen LogP contribution < -0.4 is 15.0 Å². The van der Waals surface area contributed by atoms with Crippen molar-refractivity contribution in [2.45, 2.75) is 13.3 Å². The van der Waals surface area contributed by atoms with Crippen molar-refractivity contribution < 1.29 is 14.6 Å². The fraction of sp³-hybridized carbons (Fsp3) is 0.158. The lowest BCUT2D eigenvalue weighted by Crippen LogP contribution is -2.30. The average molecular weight is 354 g/mol. The SMILES string of the molecule is CCc1cccc(N2C(=O)/C(=C\c3ccc(O)c(OC)c3)NC2=S)c1. The number of methoxy groups -OCH3 is 1. The molecule has 0 bridgehead atoms. The molecule has 5 nitrogen and oxygen atoms in total. The van der Waals surface area contributed by atoms with Gasteiger partial charge in [0.15, 0.2) is 16.6 Å². The lowest BCUT2D eigenvalue weighted by atomic mass is 10.1. The third-order valence-electron chi connectivity index (χ3n) is 3.97. The van der Waals surface area contributed by atoms with Crippen LogP contribution in [0.3, 0.4) is 0 Å². The smallest absolute Gasteiger partial charge is 0.281 e. The second kappa shape index (κ2) is 6.94. The van der Waals surface area contributed by atoms with E-state index in [1.54, 1.807) is 18.2 Å². The molecule has 2 N–H and O–H groups in total. The Morgan fingerprint density at radius 2 is 2.08 bits per heavy atom. The fourth-order valence-electron chi connectivity index (χ4n) is 2.64. The Balaban J connectivity index is 1.93. The molecule has 1 amide bonds. The van der Waals surface area contributed by atoms with Gasteiger partial charge in [0.1, 0.15) is 5.70 Å². The van der Waals surface area contributed by atoms with Gasteiger partial charge in [0.25, 0.3) is 5.91 Å². The lowest BCUT2D eigenvalue weighted by Gasteiger charge is -2.14. The Bertz CT molecular complexity index is 877. The summed E-state index contributed by atoms with van der Waals surface area (Å²) in [5, 5.41) is 13.0. The van der Waals surface area contributed by atoms with Gasteiger partial charge in [0.2, 0.25) is 0 Å². The first kappa shape index (κ1) is 17.0. The summed E-state index contributed by atoms with van der Waals surface area (Å²) in [6, 6.07) is 12.6. The number of anilines is 1. The van der Waals surface area contributed by atoms with Gasteiger partial charge in [-0.05, 0) is 60.1 Å². The zero-order valence-corrected chi connectivity index (χ0v) is 14.8. The molecule has 0 unspecified atom stereocenters. The Labute approximate surface area is 151 Å². The molecule has 0 aliphatic carbocycles. The van der Waals surface area contributed by atoms with E-state index in [1.165, 1.54) is 18.1 Å². The van der Waals surface area contributed by atoms with Gasteiger partial charge < -0.3 is 15.2 Å². The van der Waals surface area contributed by atoms with E-state index in [4.69, 9.17) is 17.0 Å². The second-order valence-electron chi connectivity index (χ2n) is 5.58. The Morgan fingerprint density at radius 1 is 1.28 bits per heavy atom. The van der Waals surface area contributed by atoms with Gasteiger partial charge in [-0.25, -0.2) is 0 Å². The maximum atomic E-state index is 12.8. The number of aromatic hydroxyl groups is 1. The Kier molecular flexibility index (Phi) is 4.72. The Morgan fingerprint density at radius 3 is 2.80 bits per heavy atom. The molecule has 2 aromatic rings. The largest absolute Gasteiger partial charge is 0.504 e. The summed E-state index contributed by atoms with van der Waals surface area (Å²) >= 11 is 5.33. The van der Waals surface area contributed by atoms with E-state index in [0.29, 0.717) is 16.6 Å². The molecule has 1 aliphatic heterocycles. The molecule has 3 rings (SSSR count). The van der Waals surface area contributed by atoms with E-state index in [2.05, 4.69) is 12.2 Å². The minimum Gasteiger partial charge on any atom is -0.504 e. The zero-order chi connectivity index (χ0) is 18.0. The van der Waals surface area contributed by atoms with Crippen LogP contribution in [0, 0.1) is 0 Å². The van der Waals surface area contributed by atoms with E-state index < -0.39 is 0 Å². The molecule has 1 aliphatic rings. The van der Waals surface area contributed by atoms with E-state index in [9.17, 15) is 9.90 Å². The third kappa shape index (κ3) is 3.34. The van der Waals surface area contributed by atoms with Gasteiger partial charge in [-0.1, -0.05) is 25.1 Å². The molecule has 0 spiro atoms. The average Bonchev–Trinajstić information content (AvgIpc) is 2.90. The molecule has 25 heavy (non-hydrogen) atoms. The van der Waals surface area contributed by atoms with Crippen LogP contribution in [0.5, 0.6) is 11.5 Å². The monoisotopic (exact) mass is 354 g/mol. The van der Waals surface area contributed by atoms with E-state index >= 15 is 0 Å². The Hall–Kier alpha value is -2.86. The van der Waals surface area contributed by atoms with Crippen LogP contribution in [-0.4, -0.2) is 23.2 Å². The summed E-state index contributed by atoms with van der Waals surface area (Å²) < 4.78 is 5.09. The van der Waals surface area contributed by atoms with Gasteiger partial charge >= 0.3 is 0 Å². The molecular formula is C19H18N2O3S. The molecule has 6 heteroatoms. The molecule has 0 aromatic heterocycles. The number of amides is 1. The van der Waals surface area contributed by atoms with Crippen LogP contribution in [0.2, 0.25) is 0 Å². The highest BCUT2D eigenvalue weighted by atomic mass is 32.1. The number of nitrogens with zero attached hydrogens (tertiary/aromatic N) is 1. The summed E-state index contributed by atoms with van der Waals surface area (Å²) in [5.74, 6) is 0.170. The van der Waals surface area contributed by atoms with Crippen molar-refractivity contribution in [1.29, 1.82) is 0 Å². The first-order valence-electron chi connectivity index (χ1n) is 7.86. The van der Waals surface area contributed by atoms with Crippen LogP contribution in [-0.2, 0) is 11.2 Å². The number of hydrogen-bond donors (Lipinski definition) is 2. The van der Waals surface area contributed by atoms with Crippen molar-refractivity contribution in [3.63, 3.8) is 0 Å². The van der Waals surface area contributed by atoms with Crippen LogP contribution in [0.1, 0.15) is 18.1 Å². The lowest BCUT2D eigenvalue weighted by molar-refractivity contribution is -0.113. The van der Waals surface area contributed by atoms with Crippen molar-refractivity contribution in [2.75, 3.05) is 12.0 Å².